The van der Waals surface area contributed by atoms with E-state index in [0.717, 1.165) is 28.6 Å². The maximum Gasteiger partial charge on any atom is 0.258 e. The predicted octanol–water partition coefficient (Wildman–Crippen LogP) is 3.59. The van der Waals surface area contributed by atoms with Crippen molar-refractivity contribution >= 4 is 22.7 Å². The fraction of sp³-hybridized carbons (Fsp3) is 0.579. The van der Waals surface area contributed by atoms with Crippen LogP contribution in [0.5, 0.6) is 0 Å². The van der Waals surface area contributed by atoms with Crippen LogP contribution in [0, 0.1) is 12.8 Å². The van der Waals surface area contributed by atoms with Crippen molar-refractivity contribution in [2.75, 3.05) is 20.6 Å². The largest absolute Gasteiger partial charge is 0.309 e. The van der Waals surface area contributed by atoms with Crippen molar-refractivity contribution < 1.29 is 0 Å². The second kappa shape index (κ2) is 7.70. The molecule has 0 radical (unpaired) electrons. The highest BCUT2D eigenvalue weighted by atomic mass is 32.2. The van der Waals surface area contributed by atoms with Gasteiger partial charge in [0.2, 0.25) is 0 Å². The average Bonchev–Trinajstić information content (AvgIpc) is 2.55. The Morgan fingerprint density at radius 2 is 2.00 bits per heavy atom. The molecule has 0 aliphatic heterocycles. The lowest BCUT2D eigenvalue weighted by molar-refractivity contribution is 0.267. The summed E-state index contributed by atoms with van der Waals surface area (Å²) < 4.78 is 0. The molecule has 1 fully saturated rings. The van der Waals surface area contributed by atoms with Crippen LogP contribution in [0.25, 0.3) is 10.9 Å². The normalized spacial score (nSPS) is 21.5. The van der Waals surface area contributed by atoms with Gasteiger partial charge in [0.1, 0.15) is 5.82 Å². The minimum absolute atomic E-state index is 0.0195. The van der Waals surface area contributed by atoms with Gasteiger partial charge in [0, 0.05) is 11.8 Å². The molecule has 1 saturated carbocycles. The highest BCUT2D eigenvalue weighted by Gasteiger charge is 2.22. The Morgan fingerprint density at radius 1 is 1.25 bits per heavy atom. The number of hydrogen-bond acceptors (Lipinski definition) is 4. The van der Waals surface area contributed by atoms with E-state index in [4.69, 9.17) is 4.98 Å². The lowest BCUT2D eigenvalue weighted by Gasteiger charge is -2.29. The Labute approximate surface area is 148 Å². The smallest absolute Gasteiger partial charge is 0.258 e. The van der Waals surface area contributed by atoms with E-state index in [1.165, 1.54) is 32.2 Å². The van der Waals surface area contributed by atoms with Gasteiger partial charge in [0.25, 0.3) is 5.56 Å². The Bertz CT molecular complexity index is 748. The van der Waals surface area contributed by atoms with Gasteiger partial charge in [0.05, 0.1) is 16.7 Å². The monoisotopic (exact) mass is 345 g/mol. The molecule has 0 spiro atoms. The van der Waals surface area contributed by atoms with Crippen molar-refractivity contribution in [3.63, 3.8) is 0 Å². The molecule has 4 nitrogen and oxygen atoms in total. The van der Waals surface area contributed by atoms with E-state index in [0.29, 0.717) is 10.6 Å². The number of para-hydroxylation sites is 1. The number of aromatic nitrogens is 2. The second-order valence-electron chi connectivity index (χ2n) is 7.20. The third kappa shape index (κ3) is 4.19. The summed E-state index contributed by atoms with van der Waals surface area (Å²) in [5.41, 5.74) is 1.88. The Morgan fingerprint density at radius 3 is 2.71 bits per heavy atom. The van der Waals surface area contributed by atoms with Crippen LogP contribution >= 0.6 is 11.8 Å². The molecular weight excluding hydrogens is 318 g/mol. The molecule has 1 aromatic carbocycles. The molecule has 1 N–H and O–H groups in total. The maximum atomic E-state index is 12.2. The summed E-state index contributed by atoms with van der Waals surface area (Å²) in [7, 11) is 4.31. The topological polar surface area (TPSA) is 49.0 Å². The van der Waals surface area contributed by atoms with Gasteiger partial charge >= 0.3 is 0 Å². The number of hydrogen-bond donors (Lipinski definition) is 1. The first kappa shape index (κ1) is 17.5. The highest BCUT2D eigenvalue weighted by Crippen LogP contribution is 2.33. The summed E-state index contributed by atoms with van der Waals surface area (Å²) in [5, 5.41) is 1.38. The zero-order valence-corrected chi connectivity index (χ0v) is 15.7. The molecule has 0 unspecified atom stereocenters. The Kier molecular flexibility index (Phi) is 5.61. The van der Waals surface area contributed by atoms with Crippen LogP contribution in [0.1, 0.15) is 37.1 Å². The molecule has 1 heterocycles. The third-order valence-electron chi connectivity index (χ3n) is 4.86. The number of rotatable bonds is 5. The van der Waals surface area contributed by atoms with Gasteiger partial charge < -0.3 is 9.88 Å². The van der Waals surface area contributed by atoms with Crippen molar-refractivity contribution in [2.45, 2.75) is 43.6 Å². The van der Waals surface area contributed by atoms with E-state index < -0.39 is 0 Å². The molecule has 3 rings (SSSR count). The SMILES string of the molecule is Cc1cccc2c(=O)[nH]c(CS[C@H]3CC[C@@H](CN(C)C)CC3)nc12. The van der Waals surface area contributed by atoms with Gasteiger partial charge in [-0.1, -0.05) is 12.1 Å². The number of benzene rings is 1. The highest BCUT2D eigenvalue weighted by molar-refractivity contribution is 7.99. The Balaban J connectivity index is 1.61. The van der Waals surface area contributed by atoms with E-state index in [2.05, 4.69) is 24.0 Å². The quantitative estimate of drug-likeness (QED) is 0.900. The molecule has 2 aromatic rings. The van der Waals surface area contributed by atoms with Crippen molar-refractivity contribution in [2.24, 2.45) is 5.92 Å². The number of nitrogens with one attached hydrogen (secondary N) is 1. The summed E-state index contributed by atoms with van der Waals surface area (Å²) in [5.74, 6) is 2.45. The van der Waals surface area contributed by atoms with Gasteiger partial charge in [-0.3, -0.25) is 4.79 Å². The van der Waals surface area contributed by atoms with Gasteiger partial charge in [-0.2, -0.15) is 11.8 Å². The fourth-order valence-electron chi connectivity index (χ4n) is 3.61. The van der Waals surface area contributed by atoms with Gasteiger partial charge in [0.15, 0.2) is 0 Å². The molecule has 130 valence electrons. The van der Waals surface area contributed by atoms with Crippen LogP contribution in [0.4, 0.5) is 0 Å². The number of nitrogens with zero attached hydrogens (tertiary/aromatic N) is 2. The van der Waals surface area contributed by atoms with Gasteiger partial charge in [-0.05, 0) is 64.3 Å². The summed E-state index contributed by atoms with van der Waals surface area (Å²) >= 11 is 1.95. The van der Waals surface area contributed by atoms with E-state index in [1.807, 2.05) is 36.9 Å². The number of fused-ring (bicyclic) bond motifs is 1. The minimum atomic E-state index is -0.0195. The first-order valence-corrected chi connectivity index (χ1v) is 9.82. The van der Waals surface area contributed by atoms with E-state index in [-0.39, 0.29) is 5.56 Å². The van der Waals surface area contributed by atoms with Gasteiger partial charge in [-0.25, -0.2) is 4.98 Å². The van der Waals surface area contributed by atoms with Crippen molar-refractivity contribution in [1.29, 1.82) is 0 Å². The molecule has 0 saturated heterocycles. The first-order chi connectivity index (χ1) is 11.5. The van der Waals surface area contributed by atoms with Crippen LogP contribution in [0.15, 0.2) is 23.0 Å². The zero-order chi connectivity index (χ0) is 17.1. The van der Waals surface area contributed by atoms with Crippen LogP contribution in [-0.2, 0) is 5.75 Å². The molecule has 0 amide bonds. The van der Waals surface area contributed by atoms with Crippen molar-refractivity contribution in [1.82, 2.24) is 14.9 Å². The van der Waals surface area contributed by atoms with E-state index in [1.54, 1.807) is 0 Å². The maximum absolute atomic E-state index is 12.2. The van der Waals surface area contributed by atoms with Crippen LogP contribution in [-0.4, -0.2) is 40.8 Å². The molecule has 0 bridgehead atoms. The Hall–Kier alpha value is -1.33. The number of aromatic amines is 1. The van der Waals surface area contributed by atoms with Crippen LogP contribution in [0.3, 0.4) is 0 Å². The second-order valence-corrected chi connectivity index (χ2v) is 8.49. The van der Waals surface area contributed by atoms with Crippen molar-refractivity contribution in [3.05, 3.63) is 39.9 Å². The number of aryl methyl sites for hydroxylation is 1. The fourth-order valence-corrected chi connectivity index (χ4v) is 4.75. The number of H-pyrrole nitrogens is 1. The molecule has 5 heteroatoms. The standard InChI is InChI=1S/C19H27N3OS/c1-13-5-4-6-16-18(13)20-17(21-19(16)23)12-24-15-9-7-14(8-10-15)11-22(2)3/h4-6,14-15H,7-12H2,1-3H3,(H,20,21,23)/t14-,15+. The van der Waals surface area contributed by atoms with Crippen LogP contribution < -0.4 is 5.56 Å². The lowest BCUT2D eigenvalue weighted by atomic mass is 9.89. The summed E-state index contributed by atoms with van der Waals surface area (Å²) in [4.78, 5) is 22.2. The predicted molar refractivity (Wildman–Crippen MR) is 103 cm³/mol. The molecule has 1 aliphatic carbocycles. The summed E-state index contributed by atoms with van der Waals surface area (Å²) in [6.07, 6.45) is 5.19. The van der Waals surface area contributed by atoms with Crippen LogP contribution in [0.2, 0.25) is 0 Å². The lowest BCUT2D eigenvalue weighted by Crippen LogP contribution is -2.26. The van der Waals surface area contributed by atoms with E-state index in [9.17, 15) is 4.79 Å². The summed E-state index contributed by atoms with van der Waals surface area (Å²) in [6.45, 7) is 3.22. The zero-order valence-electron chi connectivity index (χ0n) is 14.8. The molecular formula is C19H27N3OS. The molecule has 1 aliphatic rings. The average molecular weight is 346 g/mol. The van der Waals surface area contributed by atoms with Gasteiger partial charge in [-0.15, -0.1) is 0 Å². The molecule has 24 heavy (non-hydrogen) atoms. The van der Waals surface area contributed by atoms with Crippen molar-refractivity contribution in [3.8, 4) is 0 Å². The third-order valence-corrected chi connectivity index (χ3v) is 6.24. The first-order valence-electron chi connectivity index (χ1n) is 8.78. The summed E-state index contributed by atoms with van der Waals surface area (Å²) in [6, 6.07) is 5.77. The molecule has 1 aromatic heterocycles. The number of thioether (sulfide) groups is 1. The minimum Gasteiger partial charge on any atom is -0.309 e. The van der Waals surface area contributed by atoms with E-state index >= 15 is 0 Å². The molecule has 0 atom stereocenters.